The molecule has 1 heterocycles. The number of anilines is 1. The zero-order valence-corrected chi connectivity index (χ0v) is 15.0. The number of methoxy groups -OCH3 is 1. The van der Waals surface area contributed by atoms with Gasteiger partial charge in [-0.2, -0.15) is 0 Å². The number of hydrogen-bond acceptors (Lipinski definition) is 4. The molecule has 0 radical (unpaired) electrons. The Labute approximate surface area is 145 Å². The van der Waals surface area contributed by atoms with Crippen molar-refractivity contribution in [2.45, 2.75) is 26.3 Å². The van der Waals surface area contributed by atoms with Crippen molar-refractivity contribution < 1.29 is 9.47 Å². The van der Waals surface area contributed by atoms with Crippen LogP contribution in [0.25, 0.3) is 0 Å². The molecule has 0 aromatic heterocycles. The summed E-state index contributed by atoms with van der Waals surface area (Å²) in [6, 6.07) is 8.05. The van der Waals surface area contributed by atoms with Crippen LogP contribution >= 0.6 is 0 Å². The Morgan fingerprint density at radius 3 is 2.54 bits per heavy atom. The van der Waals surface area contributed by atoms with Crippen molar-refractivity contribution in [3.05, 3.63) is 24.3 Å². The molecule has 2 rings (SSSR count). The maximum atomic E-state index is 6.05. The standard InChI is InChI=1S/C18H30N4O2/c1-14(2)12-16(22-8-10-24-11-9-22)13-20-18(19)21-15-4-6-17(23-3)7-5-15/h4-7,14,16H,8-13H2,1-3H3,(H3,19,20,21). The summed E-state index contributed by atoms with van der Waals surface area (Å²) in [6.45, 7) is 8.74. The van der Waals surface area contributed by atoms with Crippen LogP contribution in [0, 0.1) is 5.92 Å². The topological polar surface area (TPSA) is 72.1 Å². The van der Waals surface area contributed by atoms with Gasteiger partial charge in [0.05, 0.1) is 26.9 Å². The molecule has 1 aliphatic heterocycles. The summed E-state index contributed by atoms with van der Waals surface area (Å²) in [5.41, 5.74) is 6.96. The number of ether oxygens (including phenoxy) is 2. The highest BCUT2D eigenvalue weighted by molar-refractivity contribution is 5.92. The van der Waals surface area contributed by atoms with E-state index in [9.17, 15) is 0 Å². The lowest BCUT2D eigenvalue weighted by atomic mass is 10.0. The maximum absolute atomic E-state index is 6.05. The fourth-order valence-electron chi connectivity index (χ4n) is 2.89. The monoisotopic (exact) mass is 334 g/mol. The Morgan fingerprint density at radius 1 is 1.29 bits per heavy atom. The summed E-state index contributed by atoms with van der Waals surface area (Å²) >= 11 is 0. The van der Waals surface area contributed by atoms with Gasteiger partial charge in [-0.05, 0) is 36.6 Å². The van der Waals surface area contributed by atoms with Crippen molar-refractivity contribution in [2.75, 3.05) is 45.3 Å². The lowest BCUT2D eigenvalue weighted by Crippen LogP contribution is -2.45. The molecular formula is C18H30N4O2. The third-order valence-electron chi connectivity index (χ3n) is 4.14. The maximum Gasteiger partial charge on any atom is 0.193 e. The molecule has 1 aliphatic rings. The quantitative estimate of drug-likeness (QED) is 0.591. The Kier molecular flexibility index (Phi) is 7.34. The summed E-state index contributed by atoms with van der Waals surface area (Å²) in [5, 5.41) is 3.13. The highest BCUT2D eigenvalue weighted by Gasteiger charge is 2.21. The minimum Gasteiger partial charge on any atom is -0.497 e. The first-order valence-electron chi connectivity index (χ1n) is 8.61. The number of rotatable bonds is 7. The second kappa shape index (κ2) is 9.49. The second-order valence-electron chi connectivity index (χ2n) is 6.51. The SMILES string of the molecule is COc1ccc(NC(N)=NCC(CC(C)C)N2CCOCC2)cc1. The number of guanidine groups is 1. The van der Waals surface area contributed by atoms with E-state index >= 15 is 0 Å². The van der Waals surface area contributed by atoms with Crippen molar-refractivity contribution in [2.24, 2.45) is 16.6 Å². The number of nitrogens with zero attached hydrogens (tertiary/aromatic N) is 2. The van der Waals surface area contributed by atoms with Crippen LogP contribution in [0.2, 0.25) is 0 Å². The van der Waals surface area contributed by atoms with Gasteiger partial charge >= 0.3 is 0 Å². The van der Waals surface area contributed by atoms with E-state index in [4.69, 9.17) is 15.2 Å². The van der Waals surface area contributed by atoms with Gasteiger partial charge in [0.15, 0.2) is 5.96 Å². The molecule has 134 valence electrons. The predicted molar refractivity (Wildman–Crippen MR) is 98.7 cm³/mol. The van der Waals surface area contributed by atoms with Gasteiger partial charge in [0.25, 0.3) is 0 Å². The van der Waals surface area contributed by atoms with Crippen molar-refractivity contribution >= 4 is 11.6 Å². The van der Waals surface area contributed by atoms with E-state index in [2.05, 4.69) is 29.1 Å². The van der Waals surface area contributed by atoms with Crippen LogP contribution in [-0.2, 0) is 4.74 Å². The van der Waals surface area contributed by atoms with E-state index in [0.29, 0.717) is 24.5 Å². The average Bonchev–Trinajstić information content (AvgIpc) is 2.59. The molecule has 0 amide bonds. The van der Waals surface area contributed by atoms with Crippen molar-refractivity contribution in [1.82, 2.24) is 4.90 Å². The van der Waals surface area contributed by atoms with E-state index in [1.165, 1.54) is 0 Å². The third kappa shape index (κ3) is 6.02. The molecule has 6 heteroatoms. The number of nitrogens with two attached hydrogens (primary N) is 1. The summed E-state index contributed by atoms with van der Waals surface area (Å²) in [6.07, 6.45) is 1.11. The highest BCUT2D eigenvalue weighted by Crippen LogP contribution is 2.16. The zero-order chi connectivity index (χ0) is 17.4. The van der Waals surface area contributed by atoms with E-state index in [0.717, 1.165) is 44.2 Å². The molecule has 0 saturated carbocycles. The summed E-state index contributed by atoms with van der Waals surface area (Å²) in [4.78, 5) is 7.03. The van der Waals surface area contributed by atoms with E-state index < -0.39 is 0 Å². The first kappa shape index (κ1) is 18.5. The normalized spacial score (nSPS) is 17.8. The Hall–Kier alpha value is -1.79. The molecule has 3 N–H and O–H groups in total. The first-order chi connectivity index (χ1) is 11.6. The molecule has 1 saturated heterocycles. The van der Waals surface area contributed by atoms with Crippen LogP contribution in [0.1, 0.15) is 20.3 Å². The number of aliphatic imine (C=N–C) groups is 1. The van der Waals surface area contributed by atoms with Gasteiger partial charge in [-0.25, -0.2) is 0 Å². The lowest BCUT2D eigenvalue weighted by molar-refractivity contribution is 0.0143. The Morgan fingerprint density at radius 2 is 1.96 bits per heavy atom. The van der Waals surface area contributed by atoms with Gasteiger partial charge in [0.1, 0.15) is 5.75 Å². The third-order valence-corrected chi connectivity index (χ3v) is 4.14. The molecule has 1 atom stereocenters. The summed E-state index contributed by atoms with van der Waals surface area (Å²) in [7, 11) is 1.65. The predicted octanol–water partition coefficient (Wildman–Crippen LogP) is 2.17. The number of nitrogens with one attached hydrogen (secondary N) is 1. The van der Waals surface area contributed by atoms with Crippen molar-refractivity contribution in [3.63, 3.8) is 0 Å². The van der Waals surface area contributed by atoms with Crippen molar-refractivity contribution in [1.29, 1.82) is 0 Å². The molecule has 0 spiro atoms. The largest absolute Gasteiger partial charge is 0.497 e. The molecule has 1 aromatic carbocycles. The molecule has 0 bridgehead atoms. The van der Waals surface area contributed by atoms with Gasteiger partial charge in [0, 0.05) is 24.8 Å². The van der Waals surface area contributed by atoms with Gasteiger partial charge in [-0.3, -0.25) is 9.89 Å². The Bertz CT molecular complexity index is 510. The van der Waals surface area contributed by atoms with Crippen LogP contribution in [-0.4, -0.2) is 56.9 Å². The average molecular weight is 334 g/mol. The smallest absolute Gasteiger partial charge is 0.193 e. The number of morpholine rings is 1. The molecule has 1 fully saturated rings. The first-order valence-corrected chi connectivity index (χ1v) is 8.61. The minimum atomic E-state index is 0.408. The van der Waals surface area contributed by atoms with Crippen LogP contribution in [0.5, 0.6) is 5.75 Å². The summed E-state index contributed by atoms with van der Waals surface area (Å²) in [5.74, 6) is 1.89. The lowest BCUT2D eigenvalue weighted by Gasteiger charge is -2.34. The molecule has 6 nitrogen and oxygen atoms in total. The van der Waals surface area contributed by atoms with Crippen molar-refractivity contribution in [3.8, 4) is 5.75 Å². The minimum absolute atomic E-state index is 0.408. The Balaban J connectivity index is 1.92. The number of hydrogen-bond donors (Lipinski definition) is 2. The van der Waals surface area contributed by atoms with Crippen LogP contribution < -0.4 is 15.8 Å². The van der Waals surface area contributed by atoms with Crippen LogP contribution in [0.3, 0.4) is 0 Å². The fourth-order valence-corrected chi connectivity index (χ4v) is 2.89. The van der Waals surface area contributed by atoms with E-state index in [1.807, 2.05) is 24.3 Å². The molecule has 1 unspecified atom stereocenters. The zero-order valence-electron chi connectivity index (χ0n) is 15.0. The van der Waals surface area contributed by atoms with E-state index in [1.54, 1.807) is 7.11 Å². The number of benzene rings is 1. The fraction of sp³-hybridized carbons (Fsp3) is 0.611. The highest BCUT2D eigenvalue weighted by atomic mass is 16.5. The van der Waals surface area contributed by atoms with Crippen LogP contribution in [0.4, 0.5) is 5.69 Å². The molecular weight excluding hydrogens is 304 g/mol. The molecule has 24 heavy (non-hydrogen) atoms. The van der Waals surface area contributed by atoms with Gasteiger partial charge in [-0.1, -0.05) is 13.8 Å². The van der Waals surface area contributed by atoms with Gasteiger partial charge in [-0.15, -0.1) is 0 Å². The van der Waals surface area contributed by atoms with Gasteiger partial charge < -0.3 is 20.5 Å². The molecule has 1 aromatic rings. The molecule has 0 aliphatic carbocycles. The second-order valence-corrected chi connectivity index (χ2v) is 6.51. The van der Waals surface area contributed by atoms with Gasteiger partial charge in [0.2, 0.25) is 0 Å². The van der Waals surface area contributed by atoms with Crippen LogP contribution in [0.15, 0.2) is 29.3 Å². The summed E-state index contributed by atoms with van der Waals surface area (Å²) < 4.78 is 10.6. The van der Waals surface area contributed by atoms with E-state index in [-0.39, 0.29) is 0 Å².